The molecule has 0 saturated heterocycles. The van der Waals surface area contributed by atoms with Crippen LogP contribution in [-0.2, 0) is 4.74 Å². The van der Waals surface area contributed by atoms with Gasteiger partial charge in [-0.2, -0.15) is 0 Å². The summed E-state index contributed by atoms with van der Waals surface area (Å²) in [5.74, 6) is -0.330. The van der Waals surface area contributed by atoms with E-state index in [1.807, 2.05) is 6.92 Å². The number of anilines is 2. The zero-order chi connectivity index (χ0) is 16.8. The Kier molecular flexibility index (Phi) is 5.19. The zero-order valence-electron chi connectivity index (χ0n) is 12.9. The number of esters is 1. The van der Waals surface area contributed by atoms with E-state index in [0.29, 0.717) is 23.5 Å². The first-order chi connectivity index (χ1) is 11.0. The topological polar surface area (TPSA) is 87.7 Å². The molecule has 0 aliphatic carbocycles. The molecule has 6 nitrogen and oxygen atoms in total. The van der Waals surface area contributed by atoms with Crippen LogP contribution in [0.2, 0.25) is 0 Å². The SMILES string of the molecule is CCOC(=O)c1ccc(NC(=O)Nc2cc(O)ccc2C)cc1. The van der Waals surface area contributed by atoms with Crippen LogP contribution < -0.4 is 10.6 Å². The molecule has 2 aromatic carbocycles. The van der Waals surface area contributed by atoms with Crippen molar-refractivity contribution in [3.8, 4) is 5.75 Å². The predicted molar refractivity (Wildman–Crippen MR) is 87.9 cm³/mol. The molecular weight excluding hydrogens is 296 g/mol. The highest BCUT2D eigenvalue weighted by Crippen LogP contribution is 2.21. The smallest absolute Gasteiger partial charge is 0.338 e. The molecule has 0 bridgehead atoms. The van der Waals surface area contributed by atoms with E-state index >= 15 is 0 Å². The molecule has 0 atom stereocenters. The third kappa shape index (κ3) is 4.47. The number of phenols is 1. The van der Waals surface area contributed by atoms with Crippen LogP contribution in [0, 0.1) is 6.92 Å². The minimum absolute atomic E-state index is 0.0738. The van der Waals surface area contributed by atoms with Crippen molar-refractivity contribution in [2.75, 3.05) is 17.2 Å². The lowest BCUT2D eigenvalue weighted by molar-refractivity contribution is 0.0526. The molecule has 23 heavy (non-hydrogen) atoms. The van der Waals surface area contributed by atoms with Gasteiger partial charge in [0, 0.05) is 17.4 Å². The van der Waals surface area contributed by atoms with Crippen LogP contribution in [0.3, 0.4) is 0 Å². The van der Waals surface area contributed by atoms with Crippen molar-refractivity contribution >= 4 is 23.4 Å². The van der Waals surface area contributed by atoms with E-state index in [1.165, 1.54) is 6.07 Å². The van der Waals surface area contributed by atoms with Crippen LogP contribution in [0.15, 0.2) is 42.5 Å². The molecule has 3 N–H and O–H groups in total. The fourth-order valence-corrected chi connectivity index (χ4v) is 1.93. The second kappa shape index (κ2) is 7.31. The molecule has 0 aliphatic heterocycles. The van der Waals surface area contributed by atoms with Crippen molar-refractivity contribution in [1.82, 2.24) is 0 Å². The standard InChI is InChI=1S/C17H18N2O4/c1-3-23-16(21)12-5-7-13(8-6-12)18-17(22)19-15-10-14(20)9-4-11(15)2/h4-10,20H,3H2,1-2H3,(H2,18,19,22). The molecule has 0 fully saturated rings. The summed E-state index contributed by atoms with van der Waals surface area (Å²) in [4.78, 5) is 23.5. The highest BCUT2D eigenvalue weighted by atomic mass is 16.5. The van der Waals surface area contributed by atoms with Crippen molar-refractivity contribution in [3.63, 3.8) is 0 Å². The molecule has 0 heterocycles. The summed E-state index contributed by atoms with van der Waals surface area (Å²) in [6.07, 6.45) is 0. The van der Waals surface area contributed by atoms with Crippen molar-refractivity contribution < 1.29 is 19.4 Å². The Morgan fingerprint density at radius 3 is 2.43 bits per heavy atom. The Morgan fingerprint density at radius 1 is 1.09 bits per heavy atom. The molecule has 2 amide bonds. The molecule has 0 radical (unpaired) electrons. The maximum atomic E-state index is 12.0. The number of aryl methyl sites for hydroxylation is 1. The first-order valence-corrected chi connectivity index (χ1v) is 7.14. The molecule has 0 unspecified atom stereocenters. The van der Waals surface area contributed by atoms with Crippen molar-refractivity contribution in [2.24, 2.45) is 0 Å². The maximum absolute atomic E-state index is 12.0. The summed E-state index contributed by atoms with van der Waals surface area (Å²) in [6, 6.07) is 10.7. The van der Waals surface area contributed by atoms with Gasteiger partial charge >= 0.3 is 12.0 Å². The molecule has 6 heteroatoms. The molecular formula is C17H18N2O4. The average Bonchev–Trinajstić information content (AvgIpc) is 2.52. The Bertz CT molecular complexity index is 711. The minimum atomic E-state index is -0.442. The maximum Gasteiger partial charge on any atom is 0.338 e. The first-order valence-electron chi connectivity index (χ1n) is 7.14. The summed E-state index contributed by atoms with van der Waals surface area (Å²) in [5.41, 5.74) is 2.30. The molecule has 0 spiro atoms. The van der Waals surface area contributed by atoms with Crippen molar-refractivity contribution in [1.29, 1.82) is 0 Å². The Morgan fingerprint density at radius 2 is 1.78 bits per heavy atom. The highest BCUT2D eigenvalue weighted by Gasteiger charge is 2.08. The number of carbonyl (C=O) groups excluding carboxylic acids is 2. The van der Waals surface area contributed by atoms with Gasteiger partial charge in [0.2, 0.25) is 0 Å². The minimum Gasteiger partial charge on any atom is -0.508 e. The lowest BCUT2D eigenvalue weighted by Gasteiger charge is -2.10. The van der Waals surface area contributed by atoms with Gasteiger partial charge in [-0.15, -0.1) is 0 Å². The van der Waals surface area contributed by atoms with Crippen LogP contribution in [0.5, 0.6) is 5.75 Å². The summed E-state index contributed by atoms with van der Waals surface area (Å²) in [7, 11) is 0. The molecule has 0 aromatic heterocycles. The Labute approximate surface area is 134 Å². The first kappa shape index (κ1) is 16.4. The van der Waals surface area contributed by atoms with Crippen molar-refractivity contribution in [2.45, 2.75) is 13.8 Å². The number of rotatable bonds is 4. The molecule has 2 aromatic rings. The van der Waals surface area contributed by atoms with E-state index in [9.17, 15) is 14.7 Å². The third-order valence-corrected chi connectivity index (χ3v) is 3.12. The average molecular weight is 314 g/mol. The number of nitrogens with one attached hydrogen (secondary N) is 2. The van der Waals surface area contributed by atoms with Gasteiger partial charge in [-0.3, -0.25) is 0 Å². The van der Waals surface area contributed by atoms with Gasteiger partial charge in [0.05, 0.1) is 12.2 Å². The molecule has 2 rings (SSSR count). The summed E-state index contributed by atoms with van der Waals surface area (Å²) in [5, 5.41) is 14.8. The quantitative estimate of drug-likeness (QED) is 0.753. The largest absolute Gasteiger partial charge is 0.508 e. The summed E-state index contributed by atoms with van der Waals surface area (Å²) >= 11 is 0. The number of hydrogen-bond donors (Lipinski definition) is 3. The number of aromatic hydroxyl groups is 1. The molecule has 0 saturated carbocycles. The van der Waals surface area contributed by atoms with E-state index in [-0.39, 0.29) is 5.75 Å². The number of phenolic OH excluding ortho intramolecular Hbond substituents is 1. The van der Waals surface area contributed by atoms with Crippen LogP contribution in [-0.4, -0.2) is 23.7 Å². The highest BCUT2D eigenvalue weighted by molar-refractivity contribution is 6.00. The lowest BCUT2D eigenvalue weighted by Crippen LogP contribution is -2.20. The van der Waals surface area contributed by atoms with E-state index in [2.05, 4.69) is 10.6 Å². The summed E-state index contributed by atoms with van der Waals surface area (Å²) < 4.78 is 4.89. The molecule has 120 valence electrons. The van der Waals surface area contributed by atoms with Gasteiger partial charge in [-0.1, -0.05) is 6.07 Å². The van der Waals surface area contributed by atoms with Gasteiger partial charge < -0.3 is 20.5 Å². The van der Waals surface area contributed by atoms with Crippen LogP contribution in [0.4, 0.5) is 16.2 Å². The fraction of sp³-hybridized carbons (Fsp3) is 0.176. The number of benzene rings is 2. The fourth-order valence-electron chi connectivity index (χ4n) is 1.93. The number of urea groups is 1. The van der Waals surface area contributed by atoms with E-state index < -0.39 is 12.0 Å². The van der Waals surface area contributed by atoms with Crippen LogP contribution in [0.1, 0.15) is 22.8 Å². The monoisotopic (exact) mass is 314 g/mol. The second-order valence-corrected chi connectivity index (χ2v) is 4.88. The molecule has 0 aliphatic rings. The van der Waals surface area contributed by atoms with E-state index in [0.717, 1.165) is 5.56 Å². The van der Waals surface area contributed by atoms with Gasteiger partial charge in [-0.25, -0.2) is 9.59 Å². The van der Waals surface area contributed by atoms with Gasteiger partial charge in [0.15, 0.2) is 0 Å². The number of ether oxygens (including phenoxy) is 1. The third-order valence-electron chi connectivity index (χ3n) is 3.12. The number of amides is 2. The predicted octanol–water partition coefficient (Wildman–Crippen LogP) is 3.52. The van der Waals surface area contributed by atoms with Gasteiger partial charge in [-0.05, 0) is 49.7 Å². The Balaban J connectivity index is 2.00. The normalized spacial score (nSPS) is 10.0. The number of hydrogen-bond acceptors (Lipinski definition) is 4. The van der Waals surface area contributed by atoms with E-state index in [4.69, 9.17) is 4.74 Å². The lowest BCUT2D eigenvalue weighted by atomic mass is 10.2. The zero-order valence-corrected chi connectivity index (χ0v) is 12.9. The van der Waals surface area contributed by atoms with E-state index in [1.54, 1.807) is 43.3 Å². The van der Waals surface area contributed by atoms with Crippen molar-refractivity contribution in [3.05, 3.63) is 53.6 Å². The summed E-state index contributed by atoms with van der Waals surface area (Å²) in [6.45, 7) is 3.87. The van der Waals surface area contributed by atoms with Crippen LogP contribution >= 0.6 is 0 Å². The Hall–Kier alpha value is -3.02. The van der Waals surface area contributed by atoms with Crippen LogP contribution in [0.25, 0.3) is 0 Å². The van der Waals surface area contributed by atoms with Gasteiger partial charge in [0.25, 0.3) is 0 Å². The second-order valence-electron chi connectivity index (χ2n) is 4.88. The number of carbonyl (C=O) groups is 2. The van der Waals surface area contributed by atoms with Gasteiger partial charge in [0.1, 0.15) is 5.75 Å².